The van der Waals surface area contributed by atoms with Gasteiger partial charge in [-0.25, -0.2) is 0 Å². The van der Waals surface area contributed by atoms with Crippen LogP contribution in [0.5, 0.6) is 0 Å². The Morgan fingerprint density at radius 1 is 0.952 bits per heavy atom. The summed E-state index contributed by atoms with van der Waals surface area (Å²) < 4.78 is 12.9. The average Bonchev–Trinajstić information content (AvgIpc) is 3.12. The first-order chi connectivity index (χ1) is 10.2. The van der Waals surface area contributed by atoms with Crippen LogP contribution in [0.25, 0.3) is 0 Å². The van der Waals surface area contributed by atoms with Crippen LogP contribution in [0, 0.1) is 35.5 Å². The van der Waals surface area contributed by atoms with Gasteiger partial charge in [-0.2, -0.15) is 0 Å². The monoisotopic (exact) mass is 296 g/mol. The zero-order chi connectivity index (χ0) is 15.2. The molecule has 0 heterocycles. The van der Waals surface area contributed by atoms with E-state index < -0.39 is 0 Å². The van der Waals surface area contributed by atoms with Crippen LogP contribution in [-0.2, 0) is 0 Å². The first-order valence-electron chi connectivity index (χ1n) is 9.75. The lowest BCUT2D eigenvalue weighted by Gasteiger charge is -2.33. The van der Waals surface area contributed by atoms with Gasteiger partial charge in [0, 0.05) is 0 Å². The molecule has 0 bridgehead atoms. The smallest absolute Gasteiger partial charge is 0.0928 e. The van der Waals surface area contributed by atoms with Gasteiger partial charge in [-0.3, -0.25) is 4.39 Å². The van der Waals surface area contributed by atoms with Gasteiger partial charge in [0.05, 0.1) is 6.67 Å². The van der Waals surface area contributed by atoms with Gasteiger partial charge < -0.3 is 0 Å². The van der Waals surface area contributed by atoms with Crippen molar-refractivity contribution in [3.63, 3.8) is 0 Å². The molecule has 21 heavy (non-hydrogen) atoms. The van der Waals surface area contributed by atoms with Crippen molar-refractivity contribution in [3.05, 3.63) is 0 Å². The molecule has 0 aromatic carbocycles. The minimum atomic E-state index is -0.0631. The van der Waals surface area contributed by atoms with E-state index in [1.54, 1.807) is 0 Å². The highest BCUT2D eigenvalue weighted by molar-refractivity contribution is 4.96. The molecule has 0 radical (unpaired) electrons. The molecule has 0 aromatic heterocycles. The van der Waals surface area contributed by atoms with E-state index in [4.69, 9.17) is 0 Å². The van der Waals surface area contributed by atoms with Crippen LogP contribution in [0.15, 0.2) is 0 Å². The van der Waals surface area contributed by atoms with Gasteiger partial charge in [0.15, 0.2) is 0 Å². The zero-order valence-corrected chi connectivity index (χ0v) is 14.6. The Hall–Kier alpha value is -0.0700. The minimum absolute atomic E-state index is 0.0631. The van der Waals surface area contributed by atoms with Gasteiger partial charge in [-0.1, -0.05) is 65.7 Å². The van der Waals surface area contributed by atoms with E-state index in [1.165, 1.54) is 64.2 Å². The fourth-order valence-electron chi connectivity index (χ4n) is 4.91. The summed E-state index contributed by atoms with van der Waals surface area (Å²) in [5, 5.41) is 0. The molecule has 0 N–H and O–H groups in total. The van der Waals surface area contributed by atoms with Crippen molar-refractivity contribution in [2.45, 2.75) is 85.0 Å². The number of hydrogen-bond acceptors (Lipinski definition) is 0. The quantitative estimate of drug-likeness (QED) is 0.401. The Bertz CT molecular complexity index is 282. The SMILES string of the molecule is CCCC1C(CF)C1CCCC(CC)CCC1CC(C)C1. The molecule has 2 aliphatic carbocycles. The Morgan fingerprint density at radius 2 is 1.67 bits per heavy atom. The Kier molecular flexibility index (Phi) is 7.02. The molecule has 0 nitrogen and oxygen atoms in total. The highest BCUT2D eigenvalue weighted by Gasteiger charge is 2.47. The maximum Gasteiger partial charge on any atom is 0.0928 e. The summed E-state index contributed by atoms with van der Waals surface area (Å²) in [6.07, 6.45) is 13.8. The molecule has 0 spiro atoms. The van der Waals surface area contributed by atoms with E-state index in [9.17, 15) is 4.39 Å². The molecule has 2 saturated carbocycles. The number of hydrogen-bond donors (Lipinski definition) is 0. The molecule has 124 valence electrons. The second-order valence-electron chi connectivity index (χ2n) is 8.16. The molecule has 0 aromatic rings. The molecule has 0 aliphatic heterocycles. The van der Waals surface area contributed by atoms with Crippen molar-refractivity contribution in [2.75, 3.05) is 6.67 Å². The van der Waals surface area contributed by atoms with Gasteiger partial charge in [0.1, 0.15) is 0 Å². The molecule has 0 saturated heterocycles. The van der Waals surface area contributed by atoms with Gasteiger partial charge in [-0.15, -0.1) is 0 Å². The maximum absolute atomic E-state index is 12.9. The first kappa shape index (κ1) is 17.3. The number of rotatable bonds is 11. The fourth-order valence-corrected chi connectivity index (χ4v) is 4.91. The lowest BCUT2D eigenvalue weighted by molar-refractivity contribution is 0.184. The third kappa shape index (κ3) is 4.96. The standard InChI is InChI=1S/C20H37F/c1-4-7-18-19(20(18)14-21)9-6-8-16(5-2)10-11-17-12-15(3)13-17/h15-20H,4-14H2,1-3H3. The largest absolute Gasteiger partial charge is 0.251 e. The third-order valence-electron chi connectivity index (χ3n) is 6.49. The zero-order valence-electron chi connectivity index (χ0n) is 14.6. The Balaban J connectivity index is 1.56. The van der Waals surface area contributed by atoms with Gasteiger partial charge in [0.2, 0.25) is 0 Å². The summed E-state index contributed by atoms with van der Waals surface area (Å²) in [4.78, 5) is 0. The van der Waals surface area contributed by atoms with Crippen LogP contribution in [-0.4, -0.2) is 6.67 Å². The number of alkyl halides is 1. The average molecular weight is 297 g/mol. The third-order valence-corrected chi connectivity index (χ3v) is 6.49. The molecule has 0 amide bonds. The molecular weight excluding hydrogens is 259 g/mol. The van der Waals surface area contributed by atoms with Crippen LogP contribution < -0.4 is 0 Å². The second kappa shape index (κ2) is 8.53. The Labute approximate surface area is 132 Å². The van der Waals surface area contributed by atoms with Gasteiger partial charge in [-0.05, 0) is 54.8 Å². The summed E-state index contributed by atoms with van der Waals surface area (Å²) in [5.41, 5.74) is 0. The van der Waals surface area contributed by atoms with E-state index in [0.717, 1.165) is 29.6 Å². The predicted molar refractivity (Wildman–Crippen MR) is 90.1 cm³/mol. The van der Waals surface area contributed by atoms with Gasteiger partial charge >= 0.3 is 0 Å². The fraction of sp³-hybridized carbons (Fsp3) is 1.00. The van der Waals surface area contributed by atoms with Gasteiger partial charge in [0.25, 0.3) is 0 Å². The minimum Gasteiger partial charge on any atom is -0.251 e. The molecule has 4 unspecified atom stereocenters. The number of halogens is 1. The topological polar surface area (TPSA) is 0 Å². The molecular formula is C20H37F. The van der Waals surface area contributed by atoms with Crippen LogP contribution in [0.3, 0.4) is 0 Å². The van der Waals surface area contributed by atoms with E-state index >= 15 is 0 Å². The summed E-state index contributed by atoms with van der Waals surface area (Å²) in [7, 11) is 0. The van der Waals surface area contributed by atoms with Crippen molar-refractivity contribution in [2.24, 2.45) is 35.5 Å². The molecule has 1 heteroatoms. The summed E-state index contributed by atoms with van der Waals surface area (Å²) in [6, 6.07) is 0. The highest BCUT2D eigenvalue weighted by atomic mass is 19.1. The van der Waals surface area contributed by atoms with Crippen molar-refractivity contribution >= 4 is 0 Å². The second-order valence-corrected chi connectivity index (χ2v) is 8.16. The Morgan fingerprint density at radius 3 is 2.24 bits per heavy atom. The van der Waals surface area contributed by atoms with Crippen molar-refractivity contribution in [1.82, 2.24) is 0 Å². The highest BCUT2D eigenvalue weighted by Crippen LogP contribution is 2.52. The normalized spacial score (nSPS) is 36.3. The van der Waals surface area contributed by atoms with Crippen molar-refractivity contribution in [3.8, 4) is 0 Å². The predicted octanol–water partition coefficient (Wildman–Crippen LogP) is 6.64. The molecule has 2 aliphatic rings. The van der Waals surface area contributed by atoms with E-state index in [0.29, 0.717) is 5.92 Å². The van der Waals surface area contributed by atoms with Crippen LogP contribution in [0.1, 0.15) is 85.0 Å². The summed E-state index contributed by atoms with van der Waals surface area (Å²) in [5.74, 6) is 4.88. The van der Waals surface area contributed by atoms with Crippen LogP contribution in [0.4, 0.5) is 4.39 Å². The molecule has 2 fully saturated rings. The van der Waals surface area contributed by atoms with Crippen LogP contribution >= 0.6 is 0 Å². The van der Waals surface area contributed by atoms with E-state index in [1.807, 2.05) is 0 Å². The molecule has 2 rings (SSSR count). The summed E-state index contributed by atoms with van der Waals surface area (Å²) >= 11 is 0. The van der Waals surface area contributed by atoms with E-state index in [-0.39, 0.29) is 6.67 Å². The van der Waals surface area contributed by atoms with Crippen LogP contribution in [0.2, 0.25) is 0 Å². The molecule has 4 atom stereocenters. The van der Waals surface area contributed by atoms with Crippen molar-refractivity contribution < 1.29 is 4.39 Å². The maximum atomic E-state index is 12.9. The van der Waals surface area contributed by atoms with Crippen molar-refractivity contribution in [1.29, 1.82) is 0 Å². The first-order valence-corrected chi connectivity index (χ1v) is 9.75. The summed E-state index contributed by atoms with van der Waals surface area (Å²) in [6.45, 7) is 6.92. The lowest BCUT2D eigenvalue weighted by Crippen LogP contribution is -2.21. The lowest BCUT2D eigenvalue weighted by atomic mass is 9.72. The van der Waals surface area contributed by atoms with E-state index in [2.05, 4.69) is 20.8 Å².